The summed E-state index contributed by atoms with van der Waals surface area (Å²) in [6.07, 6.45) is 4.72. The van der Waals surface area contributed by atoms with Crippen LogP contribution in [0.5, 0.6) is 0 Å². The zero-order valence-corrected chi connectivity index (χ0v) is 10.9. The number of hydrogen-bond donors (Lipinski definition) is 1. The molecule has 0 aromatic heterocycles. The van der Waals surface area contributed by atoms with E-state index in [0.717, 1.165) is 25.9 Å². The van der Waals surface area contributed by atoms with E-state index >= 15 is 0 Å². The maximum Gasteiger partial charge on any atom is 0.0236 e. The predicted octanol–water partition coefficient (Wildman–Crippen LogP) is 2.56. The highest BCUT2D eigenvalue weighted by atomic mass is 15.1. The van der Waals surface area contributed by atoms with Crippen molar-refractivity contribution >= 4 is 0 Å². The standard InChI is InChI=1S/C15H24N2/c1-2-15(16)9-11-17-10-5-8-13-6-3-4-7-14(13)12-17/h3-4,6-7,15H,2,5,8-12,16H2,1H3. The summed E-state index contributed by atoms with van der Waals surface area (Å²) >= 11 is 0. The number of aryl methyl sites for hydroxylation is 1. The van der Waals surface area contributed by atoms with E-state index in [1.54, 1.807) is 0 Å². The molecule has 17 heavy (non-hydrogen) atoms. The fourth-order valence-electron chi connectivity index (χ4n) is 2.51. The van der Waals surface area contributed by atoms with Crippen LogP contribution >= 0.6 is 0 Å². The summed E-state index contributed by atoms with van der Waals surface area (Å²) in [5, 5.41) is 0. The zero-order chi connectivity index (χ0) is 12.1. The fourth-order valence-corrected chi connectivity index (χ4v) is 2.51. The Morgan fingerprint density at radius 3 is 2.82 bits per heavy atom. The molecule has 0 saturated carbocycles. The minimum Gasteiger partial charge on any atom is -0.328 e. The number of hydrogen-bond acceptors (Lipinski definition) is 2. The molecule has 1 aromatic rings. The normalized spacial score (nSPS) is 18.5. The summed E-state index contributed by atoms with van der Waals surface area (Å²) in [4.78, 5) is 2.56. The molecular formula is C15H24N2. The number of fused-ring (bicyclic) bond motifs is 1. The van der Waals surface area contributed by atoms with E-state index in [1.165, 1.54) is 30.5 Å². The summed E-state index contributed by atoms with van der Waals surface area (Å²) in [5.74, 6) is 0. The first kappa shape index (κ1) is 12.6. The third-order valence-corrected chi connectivity index (χ3v) is 3.77. The molecule has 1 aliphatic heterocycles. The van der Waals surface area contributed by atoms with Gasteiger partial charge in [0.1, 0.15) is 0 Å². The molecule has 1 heterocycles. The molecule has 1 unspecified atom stereocenters. The second kappa shape index (κ2) is 6.18. The Morgan fingerprint density at radius 2 is 2.06 bits per heavy atom. The van der Waals surface area contributed by atoms with Crippen molar-refractivity contribution in [2.24, 2.45) is 5.73 Å². The van der Waals surface area contributed by atoms with Gasteiger partial charge in [0.25, 0.3) is 0 Å². The molecule has 2 N–H and O–H groups in total. The highest BCUT2D eigenvalue weighted by Crippen LogP contribution is 2.18. The third kappa shape index (κ3) is 3.55. The van der Waals surface area contributed by atoms with Crippen molar-refractivity contribution in [2.75, 3.05) is 13.1 Å². The minimum atomic E-state index is 0.369. The Balaban J connectivity index is 1.94. The van der Waals surface area contributed by atoms with Gasteiger partial charge < -0.3 is 5.73 Å². The molecule has 1 aromatic carbocycles. The van der Waals surface area contributed by atoms with Gasteiger partial charge >= 0.3 is 0 Å². The van der Waals surface area contributed by atoms with Gasteiger partial charge in [0, 0.05) is 12.6 Å². The van der Waals surface area contributed by atoms with Gasteiger partial charge in [-0.05, 0) is 49.9 Å². The van der Waals surface area contributed by atoms with Crippen molar-refractivity contribution in [3.63, 3.8) is 0 Å². The Labute approximate surface area is 105 Å². The molecule has 2 nitrogen and oxygen atoms in total. The highest BCUT2D eigenvalue weighted by Gasteiger charge is 2.14. The quantitative estimate of drug-likeness (QED) is 0.864. The van der Waals surface area contributed by atoms with E-state index < -0.39 is 0 Å². The largest absolute Gasteiger partial charge is 0.328 e. The van der Waals surface area contributed by atoms with Crippen molar-refractivity contribution < 1.29 is 0 Å². The van der Waals surface area contributed by atoms with Crippen LogP contribution in [0.3, 0.4) is 0 Å². The molecule has 0 bridgehead atoms. The number of rotatable bonds is 4. The Kier molecular flexibility index (Phi) is 4.57. The van der Waals surface area contributed by atoms with Crippen LogP contribution in [0, 0.1) is 0 Å². The van der Waals surface area contributed by atoms with Crippen molar-refractivity contribution in [3.8, 4) is 0 Å². The first-order chi connectivity index (χ1) is 8.29. The van der Waals surface area contributed by atoms with Gasteiger partial charge in [-0.25, -0.2) is 0 Å². The SMILES string of the molecule is CCC(N)CCN1CCCc2ccccc2C1. The number of nitrogens with zero attached hydrogens (tertiary/aromatic N) is 1. The molecule has 2 rings (SSSR count). The molecule has 0 saturated heterocycles. The van der Waals surface area contributed by atoms with Crippen molar-refractivity contribution in [3.05, 3.63) is 35.4 Å². The average Bonchev–Trinajstić information content (AvgIpc) is 2.57. The van der Waals surface area contributed by atoms with Crippen molar-refractivity contribution in [1.82, 2.24) is 4.90 Å². The van der Waals surface area contributed by atoms with Crippen LogP contribution in [-0.4, -0.2) is 24.0 Å². The first-order valence-corrected chi connectivity index (χ1v) is 6.84. The third-order valence-electron chi connectivity index (χ3n) is 3.77. The second-order valence-electron chi connectivity index (χ2n) is 5.11. The molecule has 0 amide bonds. The van der Waals surface area contributed by atoms with Gasteiger partial charge in [-0.2, -0.15) is 0 Å². The van der Waals surface area contributed by atoms with Crippen LogP contribution in [0.2, 0.25) is 0 Å². The molecule has 0 spiro atoms. The second-order valence-corrected chi connectivity index (χ2v) is 5.11. The smallest absolute Gasteiger partial charge is 0.0236 e. The fraction of sp³-hybridized carbons (Fsp3) is 0.600. The monoisotopic (exact) mass is 232 g/mol. The minimum absolute atomic E-state index is 0.369. The lowest BCUT2D eigenvalue weighted by atomic mass is 10.0. The Morgan fingerprint density at radius 1 is 1.29 bits per heavy atom. The predicted molar refractivity (Wildman–Crippen MR) is 72.9 cm³/mol. The maximum atomic E-state index is 6.00. The van der Waals surface area contributed by atoms with Gasteiger partial charge in [-0.15, -0.1) is 0 Å². The summed E-state index contributed by atoms with van der Waals surface area (Å²) in [5.41, 5.74) is 9.04. The summed E-state index contributed by atoms with van der Waals surface area (Å²) in [6, 6.07) is 9.22. The zero-order valence-electron chi connectivity index (χ0n) is 10.9. The van der Waals surface area contributed by atoms with Crippen LogP contribution in [0.1, 0.15) is 37.3 Å². The van der Waals surface area contributed by atoms with Gasteiger partial charge in [-0.3, -0.25) is 4.90 Å². The van der Waals surface area contributed by atoms with Gasteiger partial charge in [-0.1, -0.05) is 31.2 Å². The highest BCUT2D eigenvalue weighted by molar-refractivity contribution is 5.27. The van der Waals surface area contributed by atoms with Crippen molar-refractivity contribution in [1.29, 1.82) is 0 Å². The van der Waals surface area contributed by atoms with Crippen LogP contribution in [-0.2, 0) is 13.0 Å². The molecule has 0 radical (unpaired) electrons. The summed E-state index contributed by atoms with van der Waals surface area (Å²) in [6.45, 7) is 5.63. The van der Waals surface area contributed by atoms with E-state index in [2.05, 4.69) is 36.1 Å². The summed E-state index contributed by atoms with van der Waals surface area (Å²) < 4.78 is 0. The van der Waals surface area contributed by atoms with Crippen LogP contribution in [0.4, 0.5) is 0 Å². The molecule has 2 heteroatoms. The Hall–Kier alpha value is -0.860. The maximum absolute atomic E-state index is 6.00. The molecular weight excluding hydrogens is 208 g/mol. The van der Waals surface area contributed by atoms with E-state index in [1.807, 2.05) is 0 Å². The van der Waals surface area contributed by atoms with E-state index in [4.69, 9.17) is 5.73 Å². The molecule has 0 aliphatic carbocycles. The number of nitrogens with two attached hydrogens (primary N) is 1. The lowest BCUT2D eigenvalue weighted by Crippen LogP contribution is -2.30. The molecule has 1 atom stereocenters. The average molecular weight is 232 g/mol. The topological polar surface area (TPSA) is 29.3 Å². The number of benzene rings is 1. The molecule has 1 aliphatic rings. The van der Waals surface area contributed by atoms with Crippen molar-refractivity contribution in [2.45, 2.75) is 45.2 Å². The lowest BCUT2D eigenvalue weighted by Gasteiger charge is -2.22. The van der Waals surface area contributed by atoms with Gasteiger partial charge in [0.2, 0.25) is 0 Å². The molecule has 94 valence electrons. The summed E-state index contributed by atoms with van der Waals surface area (Å²) in [7, 11) is 0. The van der Waals surface area contributed by atoms with Crippen LogP contribution in [0.25, 0.3) is 0 Å². The van der Waals surface area contributed by atoms with Crippen LogP contribution in [0.15, 0.2) is 24.3 Å². The van der Waals surface area contributed by atoms with E-state index in [-0.39, 0.29) is 0 Å². The van der Waals surface area contributed by atoms with Gasteiger partial charge in [0.05, 0.1) is 0 Å². The van der Waals surface area contributed by atoms with Crippen LogP contribution < -0.4 is 5.73 Å². The van der Waals surface area contributed by atoms with Gasteiger partial charge in [0.15, 0.2) is 0 Å². The lowest BCUT2D eigenvalue weighted by molar-refractivity contribution is 0.257. The van der Waals surface area contributed by atoms with E-state index in [0.29, 0.717) is 6.04 Å². The first-order valence-electron chi connectivity index (χ1n) is 6.84. The molecule has 0 fully saturated rings. The van der Waals surface area contributed by atoms with E-state index in [9.17, 15) is 0 Å². The Bertz CT molecular complexity index is 349.